The highest BCUT2D eigenvalue weighted by Crippen LogP contribution is 2.25. The van der Waals surface area contributed by atoms with E-state index in [-0.39, 0.29) is 10.6 Å². The summed E-state index contributed by atoms with van der Waals surface area (Å²) in [6.45, 7) is 0. The lowest BCUT2D eigenvalue weighted by Crippen LogP contribution is -1.99. The first-order valence-electron chi connectivity index (χ1n) is 3.96. The van der Waals surface area contributed by atoms with Crippen LogP contribution in [-0.4, -0.2) is 15.5 Å². The number of hydrogen-bond acceptors (Lipinski definition) is 4. The molecular weight excluding hydrogens is 238 g/mol. The topological polar surface area (TPSA) is 69.4 Å². The predicted molar refractivity (Wildman–Crippen MR) is 59.6 cm³/mol. The minimum Gasteiger partial charge on any atom is -0.495 e. The number of anilines is 1. The van der Waals surface area contributed by atoms with E-state index in [1.807, 2.05) is 0 Å². The second-order valence-electron chi connectivity index (χ2n) is 2.71. The average Bonchev–Trinajstić information content (AvgIpc) is 2.17. The zero-order valence-electron chi connectivity index (χ0n) is 7.98. The standard InChI is InChI=1S/C9H10ClNO3S/c1-14-9-3-2-7(6-8(9)11)15(12,13)5-4-10/h2-6H,11H2,1H3/b5-4+. The molecule has 15 heavy (non-hydrogen) atoms. The predicted octanol–water partition coefficient (Wildman–Crippen LogP) is 1.76. The highest BCUT2D eigenvalue weighted by atomic mass is 35.5. The summed E-state index contributed by atoms with van der Waals surface area (Å²) in [5.74, 6) is 0.434. The molecule has 82 valence electrons. The molecule has 0 spiro atoms. The van der Waals surface area contributed by atoms with E-state index >= 15 is 0 Å². The van der Waals surface area contributed by atoms with Crippen molar-refractivity contribution < 1.29 is 13.2 Å². The van der Waals surface area contributed by atoms with E-state index in [4.69, 9.17) is 22.1 Å². The highest BCUT2D eigenvalue weighted by Gasteiger charge is 2.12. The van der Waals surface area contributed by atoms with E-state index in [0.29, 0.717) is 5.75 Å². The number of methoxy groups -OCH3 is 1. The minimum atomic E-state index is -3.51. The Hall–Kier alpha value is -1.20. The van der Waals surface area contributed by atoms with Crippen molar-refractivity contribution in [3.8, 4) is 5.75 Å². The summed E-state index contributed by atoms with van der Waals surface area (Å²) in [5.41, 5.74) is 6.78. The van der Waals surface area contributed by atoms with Crippen LogP contribution in [0.5, 0.6) is 5.75 Å². The molecule has 2 N–H and O–H groups in total. The largest absolute Gasteiger partial charge is 0.495 e. The van der Waals surface area contributed by atoms with E-state index in [0.717, 1.165) is 10.9 Å². The SMILES string of the molecule is COc1ccc(S(=O)(=O)/C=C/Cl)cc1N. The molecule has 0 saturated carbocycles. The fraction of sp³-hybridized carbons (Fsp3) is 0.111. The first-order valence-corrected chi connectivity index (χ1v) is 5.95. The molecule has 0 aliphatic rings. The Morgan fingerprint density at radius 3 is 2.60 bits per heavy atom. The molecule has 0 aliphatic carbocycles. The van der Waals surface area contributed by atoms with Crippen LogP contribution in [0.3, 0.4) is 0 Å². The van der Waals surface area contributed by atoms with Crippen molar-refractivity contribution in [1.82, 2.24) is 0 Å². The lowest BCUT2D eigenvalue weighted by atomic mass is 10.3. The molecule has 0 atom stereocenters. The van der Waals surface area contributed by atoms with E-state index < -0.39 is 9.84 Å². The van der Waals surface area contributed by atoms with Crippen molar-refractivity contribution in [3.05, 3.63) is 29.1 Å². The zero-order chi connectivity index (χ0) is 11.5. The molecule has 0 fully saturated rings. The van der Waals surface area contributed by atoms with Gasteiger partial charge >= 0.3 is 0 Å². The van der Waals surface area contributed by atoms with E-state index in [2.05, 4.69) is 0 Å². The molecule has 0 saturated heterocycles. The van der Waals surface area contributed by atoms with Gasteiger partial charge in [-0.25, -0.2) is 8.42 Å². The van der Waals surface area contributed by atoms with Crippen LogP contribution in [0.2, 0.25) is 0 Å². The normalized spacial score (nSPS) is 11.9. The Bertz CT molecular complexity index is 482. The number of ether oxygens (including phenoxy) is 1. The first kappa shape index (κ1) is 11.9. The molecule has 1 rings (SSSR count). The Balaban J connectivity index is 3.25. The summed E-state index contributed by atoms with van der Waals surface area (Å²) in [5, 5.41) is 0.899. The van der Waals surface area contributed by atoms with Gasteiger partial charge in [-0.05, 0) is 18.2 Å². The van der Waals surface area contributed by atoms with Crippen molar-refractivity contribution >= 4 is 27.1 Å². The van der Waals surface area contributed by atoms with Crippen LogP contribution < -0.4 is 10.5 Å². The summed E-state index contributed by atoms with van der Waals surface area (Å²) in [4.78, 5) is 0.0812. The van der Waals surface area contributed by atoms with Gasteiger partial charge in [0.1, 0.15) is 5.75 Å². The average molecular weight is 248 g/mol. The minimum absolute atomic E-state index is 0.0812. The molecular formula is C9H10ClNO3S. The molecule has 0 bridgehead atoms. The molecule has 4 nitrogen and oxygen atoms in total. The summed E-state index contributed by atoms with van der Waals surface area (Å²) in [6, 6.07) is 4.22. The van der Waals surface area contributed by atoms with Crippen molar-refractivity contribution in [2.24, 2.45) is 0 Å². The smallest absolute Gasteiger partial charge is 0.200 e. The van der Waals surface area contributed by atoms with Crippen molar-refractivity contribution in [2.75, 3.05) is 12.8 Å². The van der Waals surface area contributed by atoms with Gasteiger partial charge < -0.3 is 10.5 Å². The number of nitrogen functional groups attached to an aromatic ring is 1. The van der Waals surface area contributed by atoms with Gasteiger partial charge in [0.15, 0.2) is 0 Å². The summed E-state index contributed by atoms with van der Waals surface area (Å²) >= 11 is 5.22. The molecule has 0 amide bonds. The molecule has 0 unspecified atom stereocenters. The molecule has 1 aromatic carbocycles. The maximum atomic E-state index is 11.5. The van der Waals surface area contributed by atoms with Gasteiger partial charge in [-0.1, -0.05) is 11.6 Å². The Labute approximate surface area is 93.2 Å². The number of sulfone groups is 1. The van der Waals surface area contributed by atoms with Crippen LogP contribution in [0, 0.1) is 0 Å². The van der Waals surface area contributed by atoms with Gasteiger partial charge in [-0.15, -0.1) is 0 Å². The second-order valence-corrected chi connectivity index (χ2v) is 4.80. The van der Waals surface area contributed by atoms with E-state index in [1.165, 1.54) is 25.3 Å². The van der Waals surface area contributed by atoms with Gasteiger partial charge in [-0.3, -0.25) is 0 Å². The lowest BCUT2D eigenvalue weighted by molar-refractivity contribution is 0.416. The Morgan fingerprint density at radius 1 is 1.47 bits per heavy atom. The van der Waals surface area contributed by atoms with Crippen LogP contribution in [0.15, 0.2) is 34.0 Å². The first-order chi connectivity index (χ1) is 7.01. The monoisotopic (exact) mass is 247 g/mol. The van der Waals surface area contributed by atoms with Gasteiger partial charge in [0, 0.05) is 10.9 Å². The number of rotatable bonds is 3. The van der Waals surface area contributed by atoms with Crippen LogP contribution in [-0.2, 0) is 9.84 Å². The lowest BCUT2D eigenvalue weighted by Gasteiger charge is -2.05. The van der Waals surface area contributed by atoms with E-state index in [1.54, 1.807) is 0 Å². The third-order valence-corrected chi connectivity index (χ3v) is 3.44. The van der Waals surface area contributed by atoms with Gasteiger partial charge in [-0.2, -0.15) is 0 Å². The van der Waals surface area contributed by atoms with Crippen LogP contribution >= 0.6 is 11.6 Å². The molecule has 0 aromatic heterocycles. The Morgan fingerprint density at radius 2 is 2.13 bits per heavy atom. The summed E-state index contributed by atoms with van der Waals surface area (Å²) in [6.07, 6.45) is 0. The molecule has 0 aliphatic heterocycles. The van der Waals surface area contributed by atoms with Crippen LogP contribution in [0.25, 0.3) is 0 Å². The van der Waals surface area contributed by atoms with Crippen molar-refractivity contribution in [1.29, 1.82) is 0 Å². The zero-order valence-corrected chi connectivity index (χ0v) is 9.55. The van der Waals surface area contributed by atoms with Crippen LogP contribution in [0.1, 0.15) is 0 Å². The number of halogens is 1. The fourth-order valence-corrected chi connectivity index (χ4v) is 2.28. The maximum Gasteiger partial charge on any atom is 0.200 e. The van der Waals surface area contributed by atoms with Crippen molar-refractivity contribution in [3.63, 3.8) is 0 Å². The van der Waals surface area contributed by atoms with Gasteiger partial charge in [0.25, 0.3) is 0 Å². The fourth-order valence-electron chi connectivity index (χ4n) is 1.04. The molecule has 1 aromatic rings. The molecule has 6 heteroatoms. The second kappa shape index (κ2) is 4.55. The number of nitrogens with two attached hydrogens (primary N) is 1. The number of benzene rings is 1. The van der Waals surface area contributed by atoms with Gasteiger partial charge in [0.05, 0.1) is 17.7 Å². The highest BCUT2D eigenvalue weighted by molar-refractivity contribution is 7.94. The summed E-state index contributed by atoms with van der Waals surface area (Å²) in [7, 11) is -2.05. The van der Waals surface area contributed by atoms with E-state index in [9.17, 15) is 8.42 Å². The third-order valence-electron chi connectivity index (χ3n) is 1.76. The number of hydrogen-bond donors (Lipinski definition) is 1. The Kier molecular flexibility index (Phi) is 3.60. The van der Waals surface area contributed by atoms with Crippen molar-refractivity contribution in [2.45, 2.75) is 4.90 Å². The maximum absolute atomic E-state index is 11.5. The summed E-state index contributed by atoms with van der Waals surface area (Å²) < 4.78 is 27.9. The van der Waals surface area contributed by atoms with Crippen LogP contribution in [0.4, 0.5) is 5.69 Å². The molecule has 0 heterocycles. The third kappa shape index (κ3) is 2.64. The van der Waals surface area contributed by atoms with Gasteiger partial charge in [0.2, 0.25) is 9.84 Å². The molecule has 0 radical (unpaired) electrons. The quantitative estimate of drug-likeness (QED) is 0.827.